The van der Waals surface area contributed by atoms with E-state index in [0.29, 0.717) is 10.7 Å². The lowest BCUT2D eigenvalue weighted by Crippen LogP contribution is -2.36. The van der Waals surface area contributed by atoms with Gasteiger partial charge in [-0.3, -0.25) is 5.10 Å². The molecule has 1 N–H and O–H groups in total. The van der Waals surface area contributed by atoms with Gasteiger partial charge >= 0.3 is 0 Å². The number of aromatic nitrogens is 3. The molecule has 0 bridgehead atoms. The summed E-state index contributed by atoms with van der Waals surface area (Å²) in [7, 11) is 0. The number of aromatic amines is 1. The summed E-state index contributed by atoms with van der Waals surface area (Å²) in [5.74, 6) is 2.82. The van der Waals surface area contributed by atoms with Crippen LogP contribution in [-0.2, 0) is 0 Å². The topological polar surface area (TPSA) is 44.8 Å². The summed E-state index contributed by atoms with van der Waals surface area (Å²) in [6.07, 6.45) is 4.12. The zero-order valence-corrected chi connectivity index (χ0v) is 12.5. The number of nitrogens with zero attached hydrogens (tertiary/aromatic N) is 3. The summed E-state index contributed by atoms with van der Waals surface area (Å²) in [6.45, 7) is 10.4. The molecule has 0 saturated carbocycles. The van der Waals surface area contributed by atoms with Gasteiger partial charge in [0, 0.05) is 29.5 Å². The van der Waals surface area contributed by atoms with Gasteiger partial charge in [0.2, 0.25) is 0 Å². The molecule has 1 saturated heterocycles. The van der Waals surface area contributed by atoms with Crippen LogP contribution in [0.2, 0.25) is 0 Å². The van der Waals surface area contributed by atoms with Gasteiger partial charge in [-0.25, -0.2) is 4.98 Å². The number of hydrogen-bond acceptors (Lipinski definition) is 4. The Morgan fingerprint density at radius 3 is 3.00 bits per heavy atom. The quantitative estimate of drug-likeness (QED) is 0.911. The molecule has 0 aliphatic carbocycles. The van der Waals surface area contributed by atoms with Gasteiger partial charge in [-0.1, -0.05) is 20.8 Å². The van der Waals surface area contributed by atoms with Gasteiger partial charge in [-0.2, -0.15) is 16.9 Å². The Kier molecular flexibility index (Phi) is 4.67. The predicted molar refractivity (Wildman–Crippen MR) is 77.0 cm³/mol. The van der Waals surface area contributed by atoms with Crippen molar-refractivity contribution in [3.05, 3.63) is 12.2 Å². The second kappa shape index (κ2) is 6.06. The van der Waals surface area contributed by atoms with E-state index >= 15 is 0 Å². The molecule has 0 radical (unpaired) electrons. The number of hydrogen-bond donors (Lipinski definition) is 1. The molecule has 18 heavy (non-hydrogen) atoms. The number of likely N-dealkylation sites (tertiary alicyclic amines) is 1. The number of nitrogens with one attached hydrogen (secondary N) is 1. The van der Waals surface area contributed by atoms with E-state index in [9.17, 15) is 0 Å². The van der Waals surface area contributed by atoms with Gasteiger partial charge < -0.3 is 4.90 Å². The third-order valence-corrected chi connectivity index (χ3v) is 4.52. The molecular formula is C13H24N4S. The fraction of sp³-hybridized carbons (Fsp3) is 0.846. The van der Waals surface area contributed by atoms with Crippen LogP contribution in [0.25, 0.3) is 0 Å². The molecule has 1 unspecified atom stereocenters. The molecule has 1 aliphatic heterocycles. The Morgan fingerprint density at radius 2 is 2.33 bits per heavy atom. The van der Waals surface area contributed by atoms with Crippen LogP contribution in [0, 0.1) is 0 Å². The lowest BCUT2D eigenvalue weighted by atomic mass is 9.97. The highest BCUT2D eigenvalue weighted by Gasteiger charge is 2.23. The minimum absolute atomic E-state index is 0.375. The predicted octanol–water partition coefficient (Wildman–Crippen LogP) is 2.52. The molecule has 1 aliphatic rings. The molecule has 102 valence electrons. The normalized spacial score (nSPS) is 22.3. The smallest absolute Gasteiger partial charge is 0.137 e. The van der Waals surface area contributed by atoms with Crippen LogP contribution < -0.4 is 0 Å². The minimum atomic E-state index is 0.375. The van der Waals surface area contributed by atoms with Crippen molar-refractivity contribution in [3.63, 3.8) is 0 Å². The van der Waals surface area contributed by atoms with Crippen molar-refractivity contribution < 1.29 is 0 Å². The standard InChI is InChI=1S/C13H24N4S/c1-13(2,3)18-8-7-17-6-4-5-11(9-17)12-14-10-15-16-12/h10-11H,4-9H2,1-3H3,(H,14,15,16). The van der Waals surface area contributed by atoms with Gasteiger partial charge in [0.25, 0.3) is 0 Å². The Hall–Kier alpha value is -0.550. The molecule has 2 heterocycles. The van der Waals surface area contributed by atoms with E-state index in [1.165, 1.54) is 31.7 Å². The summed E-state index contributed by atoms with van der Waals surface area (Å²) < 4.78 is 0.375. The van der Waals surface area contributed by atoms with Gasteiger partial charge in [0.05, 0.1) is 0 Å². The molecule has 1 aromatic rings. The lowest BCUT2D eigenvalue weighted by Gasteiger charge is -2.32. The summed E-state index contributed by atoms with van der Waals surface area (Å²) in [5, 5.41) is 6.97. The maximum Gasteiger partial charge on any atom is 0.137 e. The average molecular weight is 268 g/mol. The SMILES string of the molecule is CC(C)(C)SCCN1CCCC(c2ncn[nH]2)C1. The first-order chi connectivity index (χ1) is 8.54. The number of piperidine rings is 1. The molecule has 1 atom stereocenters. The van der Waals surface area contributed by atoms with Crippen molar-refractivity contribution in [1.29, 1.82) is 0 Å². The maximum atomic E-state index is 4.30. The van der Waals surface area contributed by atoms with Crippen LogP contribution in [0.15, 0.2) is 6.33 Å². The molecular weight excluding hydrogens is 244 g/mol. The highest BCUT2D eigenvalue weighted by atomic mass is 32.2. The fourth-order valence-electron chi connectivity index (χ4n) is 2.37. The molecule has 1 aromatic heterocycles. The van der Waals surface area contributed by atoms with Crippen molar-refractivity contribution >= 4 is 11.8 Å². The molecule has 0 spiro atoms. The second-order valence-electron chi connectivity index (χ2n) is 5.97. The van der Waals surface area contributed by atoms with Crippen LogP contribution >= 0.6 is 11.8 Å². The van der Waals surface area contributed by atoms with E-state index in [-0.39, 0.29) is 0 Å². The highest BCUT2D eigenvalue weighted by molar-refractivity contribution is 8.00. The fourth-order valence-corrected chi connectivity index (χ4v) is 3.34. The number of thioether (sulfide) groups is 1. The van der Waals surface area contributed by atoms with Gasteiger partial charge in [-0.05, 0) is 19.4 Å². The molecule has 0 aromatic carbocycles. The minimum Gasteiger partial charge on any atom is -0.302 e. The summed E-state index contributed by atoms with van der Waals surface area (Å²) in [6, 6.07) is 0. The Morgan fingerprint density at radius 1 is 1.50 bits per heavy atom. The Labute approximate surface area is 114 Å². The van der Waals surface area contributed by atoms with E-state index in [1.54, 1.807) is 6.33 Å². The van der Waals surface area contributed by atoms with Crippen molar-refractivity contribution in [2.24, 2.45) is 0 Å². The monoisotopic (exact) mass is 268 g/mol. The van der Waals surface area contributed by atoms with Crippen LogP contribution in [0.1, 0.15) is 45.4 Å². The Balaban J connectivity index is 1.77. The van der Waals surface area contributed by atoms with Gasteiger partial charge in [-0.15, -0.1) is 0 Å². The van der Waals surface area contributed by atoms with Gasteiger partial charge in [0.1, 0.15) is 12.2 Å². The number of H-pyrrole nitrogens is 1. The first-order valence-corrected chi connectivity index (χ1v) is 7.75. The van der Waals surface area contributed by atoms with E-state index in [1.807, 2.05) is 11.8 Å². The maximum absolute atomic E-state index is 4.30. The van der Waals surface area contributed by atoms with Crippen LogP contribution in [0.3, 0.4) is 0 Å². The van der Waals surface area contributed by atoms with Crippen molar-refractivity contribution in [1.82, 2.24) is 20.1 Å². The molecule has 2 rings (SSSR count). The van der Waals surface area contributed by atoms with E-state index < -0.39 is 0 Å². The summed E-state index contributed by atoms with van der Waals surface area (Å²) in [5.41, 5.74) is 0. The second-order valence-corrected chi connectivity index (χ2v) is 7.89. The van der Waals surface area contributed by atoms with E-state index in [2.05, 4.69) is 40.9 Å². The average Bonchev–Trinajstić information content (AvgIpc) is 2.81. The molecule has 0 amide bonds. The zero-order chi connectivity index (χ0) is 13.0. The zero-order valence-electron chi connectivity index (χ0n) is 11.6. The summed E-state index contributed by atoms with van der Waals surface area (Å²) >= 11 is 2.05. The largest absolute Gasteiger partial charge is 0.302 e. The van der Waals surface area contributed by atoms with Crippen LogP contribution in [0.5, 0.6) is 0 Å². The van der Waals surface area contributed by atoms with Crippen molar-refractivity contribution in [2.45, 2.75) is 44.3 Å². The molecule has 1 fully saturated rings. The van der Waals surface area contributed by atoms with E-state index in [0.717, 1.165) is 12.4 Å². The van der Waals surface area contributed by atoms with Crippen molar-refractivity contribution in [2.75, 3.05) is 25.4 Å². The molecule has 4 nitrogen and oxygen atoms in total. The molecule has 5 heteroatoms. The first-order valence-electron chi connectivity index (χ1n) is 6.76. The Bertz CT molecular complexity index is 344. The van der Waals surface area contributed by atoms with E-state index in [4.69, 9.17) is 0 Å². The first kappa shape index (κ1) is 13.9. The van der Waals surface area contributed by atoms with Crippen molar-refractivity contribution in [3.8, 4) is 0 Å². The summed E-state index contributed by atoms with van der Waals surface area (Å²) in [4.78, 5) is 6.86. The highest BCUT2D eigenvalue weighted by Crippen LogP contribution is 2.26. The third-order valence-electron chi connectivity index (χ3n) is 3.27. The lowest BCUT2D eigenvalue weighted by molar-refractivity contribution is 0.215. The van der Waals surface area contributed by atoms with Gasteiger partial charge in [0.15, 0.2) is 0 Å². The van der Waals surface area contributed by atoms with Crippen LogP contribution in [0.4, 0.5) is 0 Å². The number of rotatable bonds is 4. The third kappa shape index (κ3) is 4.28. The van der Waals surface area contributed by atoms with Crippen LogP contribution in [-0.4, -0.2) is 50.2 Å².